The number of halogens is 1. The molecule has 0 aliphatic carbocycles. The largest absolute Gasteiger partial charge is 0.369 e. The third kappa shape index (κ3) is 5.01. The van der Waals surface area contributed by atoms with Gasteiger partial charge in [-0.2, -0.15) is 5.26 Å². The van der Waals surface area contributed by atoms with Gasteiger partial charge in [-0.05, 0) is 61.2 Å². The number of benzene rings is 2. The van der Waals surface area contributed by atoms with Crippen molar-refractivity contribution in [2.45, 2.75) is 32.4 Å². The third-order valence-corrected chi connectivity index (χ3v) is 5.03. The molecule has 2 aromatic carbocycles. The average molecular weight is 379 g/mol. The maximum Gasteiger partial charge on any atom is 0.191 e. The number of guanidine groups is 1. The predicted octanol–water partition coefficient (Wildman–Crippen LogP) is 3.34. The summed E-state index contributed by atoms with van der Waals surface area (Å²) in [5, 5.41) is 15.7. The number of rotatable bonds is 4. The molecular formula is C22H26FN5. The standard InChI is InChI=1S/C22H26FN5/c1-16-12-19(23)9-10-21(16)28-11-3-4-20(15-28)27-22(25-2)26-14-18-7-5-17(13-24)6-8-18/h5-10,12,20H,3-4,11,14-15H2,1-2H3,(H2,25,26,27). The minimum Gasteiger partial charge on any atom is -0.369 e. The van der Waals surface area contributed by atoms with Gasteiger partial charge in [0.1, 0.15) is 5.82 Å². The molecule has 1 heterocycles. The van der Waals surface area contributed by atoms with Crippen LogP contribution in [0.25, 0.3) is 0 Å². The Morgan fingerprint density at radius 3 is 2.75 bits per heavy atom. The maximum atomic E-state index is 13.4. The zero-order valence-corrected chi connectivity index (χ0v) is 16.4. The van der Waals surface area contributed by atoms with Crippen molar-refractivity contribution >= 4 is 11.6 Å². The fourth-order valence-corrected chi connectivity index (χ4v) is 3.56. The Hall–Kier alpha value is -3.07. The number of anilines is 1. The highest BCUT2D eigenvalue weighted by Gasteiger charge is 2.22. The molecule has 6 heteroatoms. The Bertz CT molecular complexity index is 869. The van der Waals surface area contributed by atoms with E-state index in [4.69, 9.17) is 5.26 Å². The summed E-state index contributed by atoms with van der Waals surface area (Å²) in [6, 6.07) is 14.9. The van der Waals surface area contributed by atoms with Crippen LogP contribution in [0.3, 0.4) is 0 Å². The van der Waals surface area contributed by atoms with E-state index in [2.05, 4.69) is 26.6 Å². The molecule has 28 heavy (non-hydrogen) atoms. The van der Waals surface area contributed by atoms with Gasteiger partial charge in [0.25, 0.3) is 0 Å². The molecule has 1 aliphatic heterocycles. The second kappa shape index (κ2) is 9.23. The van der Waals surface area contributed by atoms with Gasteiger partial charge in [0.2, 0.25) is 0 Å². The van der Waals surface area contributed by atoms with E-state index in [0.717, 1.165) is 48.7 Å². The molecule has 2 aromatic rings. The van der Waals surface area contributed by atoms with Crippen LogP contribution in [0.1, 0.15) is 29.5 Å². The van der Waals surface area contributed by atoms with Crippen LogP contribution in [0, 0.1) is 24.1 Å². The highest BCUT2D eigenvalue weighted by atomic mass is 19.1. The zero-order valence-electron chi connectivity index (χ0n) is 16.4. The summed E-state index contributed by atoms with van der Waals surface area (Å²) < 4.78 is 13.4. The van der Waals surface area contributed by atoms with Gasteiger partial charge < -0.3 is 15.5 Å². The van der Waals surface area contributed by atoms with Crippen molar-refractivity contribution in [1.29, 1.82) is 5.26 Å². The molecule has 0 aromatic heterocycles. The summed E-state index contributed by atoms with van der Waals surface area (Å²) in [6.45, 7) is 4.42. The summed E-state index contributed by atoms with van der Waals surface area (Å²) in [5.74, 6) is 0.562. The number of hydrogen-bond acceptors (Lipinski definition) is 3. The summed E-state index contributed by atoms with van der Waals surface area (Å²) in [5.41, 5.74) is 3.80. The van der Waals surface area contributed by atoms with Gasteiger partial charge in [-0.3, -0.25) is 4.99 Å². The van der Waals surface area contributed by atoms with Crippen LogP contribution in [0.2, 0.25) is 0 Å². The molecular weight excluding hydrogens is 353 g/mol. The van der Waals surface area contributed by atoms with Gasteiger partial charge in [-0.15, -0.1) is 0 Å². The quantitative estimate of drug-likeness (QED) is 0.632. The summed E-state index contributed by atoms with van der Waals surface area (Å²) in [4.78, 5) is 6.64. The Labute approximate surface area is 165 Å². The smallest absolute Gasteiger partial charge is 0.191 e. The highest BCUT2D eigenvalue weighted by molar-refractivity contribution is 5.80. The van der Waals surface area contributed by atoms with Crippen molar-refractivity contribution in [3.05, 3.63) is 65.0 Å². The van der Waals surface area contributed by atoms with Crippen molar-refractivity contribution in [1.82, 2.24) is 10.6 Å². The number of nitriles is 1. The van der Waals surface area contributed by atoms with Crippen LogP contribution in [0.4, 0.5) is 10.1 Å². The lowest BCUT2D eigenvalue weighted by molar-refractivity contribution is 0.467. The van der Waals surface area contributed by atoms with Gasteiger partial charge >= 0.3 is 0 Å². The Morgan fingerprint density at radius 2 is 2.07 bits per heavy atom. The molecule has 1 unspecified atom stereocenters. The summed E-state index contributed by atoms with van der Waals surface area (Å²) in [6.07, 6.45) is 2.13. The lowest BCUT2D eigenvalue weighted by Crippen LogP contribution is -2.51. The Kier molecular flexibility index (Phi) is 6.49. The van der Waals surface area contributed by atoms with Gasteiger partial charge in [-0.25, -0.2) is 4.39 Å². The van der Waals surface area contributed by atoms with E-state index in [1.54, 1.807) is 13.1 Å². The van der Waals surface area contributed by atoms with E-state index in [1.165, 1.54) is 6.07 Å². The van der Waals surface area contributed by atoms with Crippen molar-refractivity contribution in [3.8, 4) is 6.07 Å². The van der Waals surface area contributed by atoms with Gasteiger partial charge in [0, 0.05) is 38.4 Å². The number of hydrogen-bond donors (Lipinski definition) is 2. The van der Waals surface area contributed by atoms with Crippen LogP contribution in [0.15, 0.2) is 47.5 Å². The first kappa shape index (κ1) is 19.7. The lowest BCUT2D eigenvalue weighted by atomic mass is 10.0. The van der Waals surface area contributed by atoms with E-state index < -0.39 is 0 Å². The molecule has 146 valence electrons. The topological polar surface area (TPSA) is 63.5 Å². The number of nitrogens with one attached hydrogen (secondary N) is 2. The van der Waals surface area contributed by atoms with Crippen molar-refractivity contribution in [2.24, 2.45) is 4.99 Å². The zero-order chi connectivity index (χ0) is 19.9. The number of aryl methyl sites for hydroxylation is 1. The second-order valence-corrected chi connectivity index (χ2v) is 7.09. The van der Waals surface area contributed by atoms with E-state index in [1.807, 2.05) is 37.3 Å². The molecule has 0 amide bonds. The second-order valence-electron chi connectivity index (χ2n) is 7.09. The lowest BCUT2D eigenvalue weighted by Gasteiger charge is -2.36. The third-order valence-electron chi connectivity index (χ3n) is 5.03. The predicted molar refractivity (Wildman–Crippen MR) is 111 cm³/mol. The molecule has 3 rings (SSSR count). The van der Waals surface area contributed by atoms with E-state index in [9.17, 15) is 4.39 Å². The first-order valence-corrected chi connectivity index (χ1v) is 9.56. The molecule has 1 atom stereocenters. The Balaban J connectivity index is 1.57. The summed E-state index contributed by atoms with van der Waals surface area (Å²) in [7, 11) is 1.76. The van der Waals surface area contributed by atoms with Crippen LogP contribution >= 0.6 is 0 Å². The maximum absolute atomic E-state index is 13.4. The van der Waals surface area contributed by atoms with Crippen molar-refractivity contribution in [3.63, 3.8) is 0 Å². The Morgan fingerprint density at radius 1 is 1.29 bits per heavy atom. The van der Waals surface area contributed by atoms with Crippen molar-refractivity contribution < 1.29 is 4.39 Å². The number of piperidine rings is 1. The van der Waals surface area contributed by atoms with E-state index in [-0.39, 0.29) is 11.9 Å². The average Bonchev–Trinajstić information content (AvgIpc) is 2.71. The van der Waals surface area contributed by atoms with Crippen LogP contribution in [-0.4, -0.2) is 32.1 Å². The fourth-order valence-electron chi connectivity index (χ4n) is 3.56. The van der Waals surface area contributed by atoms with E-state index >= 15 is 0 Å². The molecule has 0 bridgehead atoms. The monoisotopic (exact) mass is 379 g/mol. The number of aliphatic imine (C=N–C) groups is 1. The molecule has 5 nitrogen and oxygen atoms in total. The molecule has 0 saturated carbocycles. The van der Waals surface area contributed by atoms with Crippen LogP contribution in [-0.2, 0) is 6.54 Å². The normalized spacial score (nSPS) is 17.1. The molecule has 0 spiro atoms. The first-order chi connectivity index (χ1) is 13.6. The summed E-state index contributed by atoms with van der Waals surface area (Å²) >= 11 is 0. The molecule has 0 radical (unpaired) electrons. The first-order valence-electron chi connectivity index (χ1n) is 9.56. The van der Waals surface area contributed by atoms with Gasteiger partial charge in [0.15, 0.2) is 5.96 Å². The minimum absolute atomic E-state index is 0.194. The molecule has 1 fully saturated rings. The van der Waals surface area contributed by atoms with Crippen molar-refractivity contribution in [2.75, 3.05) is 25.0 Å². The molecule has 1 saturated heterocycles. The van der Waals surface area contributed by atoms with Gasteiger partial charge in [0.05, 0.1) is 11.6 Å². The van der Waals surface area contributed by atoms with Crippen LogP contribution < -0.4 is 15.5 Å². The minimum atomic E-state index is -0.194. The number of nitrogens with zero attached hydrogens (tertiary/aromatic N) is 3. The van der Waals surface area contributed by atoms with Crippen LogP contribution in [0.5, 0.6) is 0 Å². The molecule has 2 N–H and O–H groups in total. The van der Waals surface area contributed by atoms with Gasteiger partial charge in [-0.1, -0.05) is 12.1 Å². The molecule has 1 aliphatic rings. The highest BCUT2D eigenvalue weighted by Crippen LogP contribution is 2.24. The fraction of sp³-hybridized carbons (Fsp3) is 0.364. The van der Waals surface area contributed by atoms with E-state index in [0.29, 0.717) is 12.1 Å². The SMILES string of the molecule is CN=C(NCc1ccc(C#N)cc1)NC1CCCN(c2ccc(F)cc2C)C1.